The molecular formula is C19H34O. The van der Waals surface area contributed by atoms with Gasteiger partial charge in [0.15, 0.2) is 0 Å². The Morgan fingerprint density at radius 3 is 2.00 bits per heavy atom. The lowest BCUT2D eigenvalue weighted by Crippen LogP contribution is -2.15. The van der Waals surface area contributed by atoms with Crippen LogP contribution in [0.5, 0.6) is 0 Å². The molecule has 0 aromatic carbocycles. The molecule has 0 heterocycles. The van der Waals surface area contributed by atoms with E-state index < -0.39 is 0 Å². The van der Waals surface area contributed by atoms with Crippen LogP contribution in [0, 0.1) is 29.6 Å². The van der Waals surface area contributed by atoms with Crippen molar-refractivity contribution in [1.82, 2.24) is 0 Å². The van der Waals surface area contributed by atoms with Crippen molar-refractivity contribution in [2.45, 2.75) is 90.1 Å². The van der Waals surface area contributed by atoms with E-state index in [-0.39, 0.29) is 6.10 Å². The Labute approximate surface area is 125 Å². The van der Waals surface area contributed by atoms with E-state index in [1.165, 1.54) is 70.6 Å². The van der Waals surface area contributed by atoms with E-state index >= 15 is 0 Å². The first-order chi connectivity index (χ1) is 9.83. The molecule has 20 heavy (non-hydrogen) atoms. The third kappa shape index (κ3) is 3.08. The van der Waals surface area contributed by atoms with Crippen LogP contribution in [0.3, 0.4) is 0 Å². The normalized spacial score (nSPS) is 39.0. The molecule has 1 N–H and O–H groups in total. The SMILES string of the molecule is CCCCCCCCCCC(O)C1C2C3CCC(C3)C12. The average molecular weight is 278 g/mol. The van der Waals surface area contributed by atoms with Crippen molar-refractivity contribution in [2.75, 3.05) is 0 Å². The lowest BCUT2D eigenvalue weighted by molar-refractivity contribution is 0.116. The van der Waals surface area contributed by atoms with Gasteiger partial charge < -0.3 is 5.11 Å². The molecule has 3 aliphatic rings. The number of hydrogen-bond acceptors (Lipinski definition) is 1. The fourth-order valence-corrected chi connectivity index (χ4v) is 5.59. The Bertz CT molecular complexity index is 284. The number of unbranched alkanes of at least 4 members (excludes halogenated alkanes) is 7. The Morgan fingerprint density at radius 1 is 0.850 bits per heavy atom. The highest BCUT2D eigenvalue weighted by Crippen LogP contribution is 2.70. The maximum Gasteiger partial charge on any atom is 0.0574 e. The molecule has 116 valence electrons. The van der Waals surface area contributed by atoms with Gasteiger partial charge in [-0.1, -0.05) is 58.3 Å². The lowest BCUT2D eigenvalue weighted by atomic mass is 9.96. The van der Waals surface area contributed by atoms with Crippen molar-refractivity contribution in [3.05, 3.63) is 0 Å². The summed E-state index contributed by atoms with van der Waals surface area (Å²) in [4.78, 5) is 0. The highest BCUT2D eigenvalue weighted by Gasteiger charge is 2.66. The summed E-state index contributed by atoms with van der Waals surface area (Å²) < 4.78 is 0. The van der Waals surface area contributed by atoms with Crippen LogP contribution in [0.2, 0.25) is 0 Å². The van der Waals surface area contributed by atoms with E-state index in [1.807, 2.05) is 0 Å². The van der Waals surface area contributed by atoms with Gasteiger partial charge in [0.05, 0.1) is 6.10 Å². The van der Waals surface area contributed by atoms with Gasteiger partial charge in [-0.15, -0.1) is 0 Å². The Kier molecular flexibility index (Phi) is 5.07. The van der Waals surface area contributed by atoms with Crippen LogP contribution < -0.4 is 0 Å². The molecule has 5 atom stereocenters. The molecule has 0 aliphatic heterocycles. The van der Waals surface area contributed by atoms with Gasteiger partial charge in [0, 0.05) is 0 Å². The molecule has 1 nitrogen and oxygen atoms in total. The standard InChI is InChI=1S/C19H34O/c1-2-3-4-5-6-7-8-9-10-16(20)19-17-14-11-12-15(13-14)18(17)19/h14-20H,2-13H2,1H3. The first-order valence-electron chi connectivity index (χ1n) is 9.51. The van der Waals surface area contributed by atoms with Gasteiger partial charge in [-0.05, 0) is 55.3 Å². The largest absolute Gasteiger partial charge is 0.393 e. The predicted molar refractivity (Wildman–Crippen MR) is 84.5 cm³/mol. The minimum absolute atomic E-state index is 0.0495. The first-order valence-corrected chi connectivity index (χ1v) is 9.51. The molecule has 0 saturated heterocycles. The van der Waals surface area contributed by atoms with Crippen molar-refractivity contribution in [3.8, 4) is 0 Å². The van der Waals surface area contributed by atoms with E-state index in [0.29, 0.717) is 0 Å². The van der Waals surface area contributed by atoms with Gasteiger partial charge in [-0.2, -0.15) is 0 Å². The van der Waals surface area contributed by atoms with Crippen LogP contribution in [0.1, 0.15) is 84.0 Å². The van der Waals surface area contributed by atoms with Crippen molar-refractivity contribution in [3.63, 3.8) is 0 Å². The fourth-order valence-electron chi connectivity index (χ4n) is 5.59. The van der Waals surface area contributed by atoms with Gasteiger partial charge in [0.25, 0.3) is 0 Å². The molecule has 3 rings (SSSR count). The minimum Gasteiger partial charge on any atom is -0.393 e. The summed E-state index contributed by atoms with van der Waals surface area (Å²) >= 11 is 0. The maximum atomic E-state index is 10.4. The van der Waals surface area contributed by atoms with E-state index in [9.17, 15) is 5.11 Å². The summed E-state index contributed by atoms with van der Waals surface area (Å²) in [5.74, 6) is 4.67. The molecule has 0 radical (unpaired) electrons. The van der Waals surface area contributed by atoms with Crippen molar-refractivity contribution in [1.29, 1.82) is 0 Å². The quantitative estimate of drug-likeness (QED) is 0.547. The monoisotopic (exact) mass is 278 g/mol. The van der Waals surface area contributed by atoms with E-state index in [2.05, 4.69) is 6.92 Å². The Morgan fingerprint density at radius 2 is 1.40 bits per heavy atom. The third-order valence-corrected chi connectivity index (χ3v) is 6.59. The molecule has 5 unspecified atom stereocenters. The van der Waals surface area contributed by atoms with E-state index in [1.54, 1.807) is 0 Å². The van der Waals surface area contributed by atoms with Crippen LogP contribution in [0.25, 0.3) is 0 Å². The molecule has 0 aromatic rings. The Balaban J connectivity index is 1.22. The number of hydrogen-bond donors (Lipinski definition) is 1. The highest BCUT2D eigenvalue weighted by atomic mass is 16.3. The van der Waals surface area contributed by atoms with E-state index in [0.717, 1.165) is 36.0 Å². The molecule has 0 amide bonds. The van der Waals surface area contributed by atoms with Gasteiger partial charge in [0.2, 0.25) is 0 Å². The van der Waals surface area contributed by atoms with Gasteiger partial charge >= 0.3 is 0 Å². The number of fused-ring (bicyclic) bond motifs is 5. The maximum absolute atomic E-state index is 10.4. The van der Waals surface area contributed by atoms with Crippen LogP contribution in [0.15, 0.2) is 0 Å². The van der Waals surface area contributed by atoms with Gasteiger partial charge in [-0.3, -0.25) is 0 Å². The van der Waals surface area contributed by atoms with Crippen LogP contribution in [-0.2, 0) is 0 Å². The van der Waals surface area contributed by atoms with Crippen molar-refractivity contribution in [2.24, 2.45) is 29.6 Å². The summed E-state index contributed by atoms with van der Waals surface area (Å²) in [6.45, 7) is 2.28. The second-order valence-electron chi connectivity index (χ2n) is 7.90. The summed E-state index contributed by atoms with van der Waals surface area (Å²) in [7, 11) is 0. The molecule has 0 spiro atoms. The lowest BCUT2D eigenvalue weighted by Gasteiger charge is -2.15. The first kappa shape index (κ1) is 14.9. The third-order valence-electron chi connectivity index (χ3n) is 6.59. The fraction of sp³-hybridized carbons (Fsp3) is 1.00. The summed E-state index contributed by atoms with van der Waals surface area (Å²) in [5, 5.41) is 10.4. The molecule has 1 heteroatoms. The molecule has 3 aliphatic carbocycles. The summed E-state index contributed by atoms with van der Waals surface area (Å²) in [5.41, 5.74) is 0. The van der Waals surface area contributed by atoms with Crippen molar-refractivity contribution < 1.29 is 5.11 Å². The topological polar surface area (TPSA) is 20.2 Å². The number of aliphatic hydroxyl groups is 1. The predicted octanol–water partition coefficient (Wildman–Crippen LogP) is 5.17. The smallest absolute Gasteiger partial charge is 0.0574 e. The van der Waals surface area contributed by atoms with E-state index in [4.69, 9.17) is 0 Å². The van der Waals surface area contributed by atoms with Gasteiger partial charge in [0.1, 0.15) is 0 Å². The number of aliphatic hydroxyl groups excluding tert-OH is 1. The minimum atomic E-state index is 0.0495. The summed E-state index contributed by atoms with van der Waals surface area (Å²) in [6.07, 6.45) is 16.6. The zero-order valence-electron chi connectivity index (χ0n) is 13.4. The van der Waals surface area contributed by atoms with Crippen molar-refractivity contribution >= 4 is 0 Å². The second kappa shape index (κ2) is 6.81. The molecule has 2 bridgehead atoms. The number of rotatable bonds is 10. The molecular weight excluding hydrogens is 244 g/mol. The Hall–Kier alpha value is -0.0400. The summed E-state index contributed by atoms with van der Waals surface area (Å²) in [6, 6.07) is 0. The zero-order chi connectivity index (χ0) is 13.9. The van der Waals surface area contributed by atoms with Crippen LogP contribution >= 0.6 is 0 Å². The molecule has 0 aromatic heterocycles. The average Bonchev–Trinajstić information content (AvgIpc) is 2.90. The molecule has 3 fully saturated rings. The molecule has 3 saturated carbocycles. The zero-order valence-corrected chi connectivity index (χ0v) is 13.4. The van der Waals surface area contributed by atoms with Crippen LogP contribution in [0.4, 0.5) is 0 Å². The second-order valence-corrected chi connectivity index (χ2v) is 7.90. The van der Waals surface area contributed by atoms with Gasteiger partial charge in [-0.25, -0.2) is 0 Å². The van der Waals surface area contributed by atoms with Crippen LogP contribution in [-0.4, -0.2) is 11.2 Å². The highest BCUT2D eigenvalue weighted by molar-refractivity contribution is 5.14.